The number of rotatable bonds is 2. The molecule has 0 bridgehead atoms. The van der Waals surface area contributed by atoms with Crippen molar-refractivity contribution < 1.29 is 4.79 Å². The number of carbonyl (C=O) groups excluding carboxylic acids is 1. The van der Waals surface area contributed by atoms with Gasteiger partial charge in [0, 0.05) is 31.7 Å². The van der Waals surface area contributed by atoms with E-state index in [0.717, 1.165) is 45.3 Å². The van der Waals surface area contributed by atoms with Gasteiger partial charge in [0.15, 0.2) is 0 Å². The highest BCUT2D eigenvalue weighted by Gasteiger charge is 2.44. The van der Waals surface area contributed by atoms with Crippen LogP contribution in [0.5, 0.6) is 0 Å². The molecule has 4 nitrogen and oxygen atoms in total. The number of carbonyl (C=O) groups is 1. The summed E-state index contributed by atoms with van der Waals surface area (Å²) in [5.74, 6) is 0.309. The lowest BCUT2D eigenvalue weighted by Gasteiger charge is -2.47. The third-order valence-corrected chi connectivity index (χ3v) is 5.01. The monoisotopic (exact) mass is 253 g/mol. The van der Waals surface area contributed by atoms with Crippen LogP contribution in [0.15, 0.2) is 0 Å². The second-order valence-electron chi connectivity index (χ2n) is 6.65. The molecule has 2 aliphatic rings. The molecule has 0 spiro atoms. The van der Waals surface area contributed by atoms with Crippen molar-refractivity contribution in [1.82, 2.24) is 9.80 Å². The average Bonchev–Trinajstić information content (AvgIpc) is 2.81. The lowest BCUT2D eigenvalue weighted by atomic mass is 9.83. The zero-order chi connectivity index (χ0) is 13.4. The van der Waals surface area contributed by atoms with Crippen molar-refractivity contribution in [3.63, 3.8) is 0 Å². The van der Waals surface area contributed by atoms with Crippen molar-refractivity contribution in [2.24, 2.45) is 11.1 Å². The van der Waals surface area contributed by atoms with Gasteiger partial charge in [0.25, 0.3) is 0 Å². The minimum atomic E-state index is -0.244. The Hall–Kier alpha value is -0.610. The lowest BCUT2D eigenvalue weighted by molar-refractivity contribution is -0.146. The van der Waals surface area contributed by atoms with E-state index in [1.807, 2.05) is 0 Å². The van der Waals surface area contributed by atoms with E-state index >= 15 is 0 Å². The van der Waals surface area contributed by atoms with Crippen molar-refractivity contribution in [1.29, 1.82) is 0 Å². The van der Waals surface area contributed by atoms with E-state index in [9.17, 15) is 4.79 Å². The predicted molar refractivity (Wildman–Crippen MR) is 73.2 cm³/mol. The highest BCUT2D eigenvalue weighted by atomic mass is 16.2. The van der Waals surface area contributed by atoms with Crippen LogP contribution < -0.4 is 5.73 Å². The molecule has 1 aliphatic heterocycles. The van der Waals surface area contributed by atoms with Crippen molar-refractivity contribution >= 4 is 5.91 Å². The van der Waals surface area contributed by atoms with E-state index in [0.29, 0.717) is 12.5 Å². The van der Waals surface area contributed by atoms with Gasteiger partial charge in [-0.15, -0.1) is 0 Å². The molecule has 1 amide bonds. The molecule has 0 aromatic carbocycles. The maximum absolute atomic E-state index is 12.8. The normalized spacial score (nSPS) is 27.4. The molecule has 104 valence electrons. The Kier molecular flexibility index (Phi) is 3.70. The molecule has 1 aliphatic carbocycles. The highest BCUT2D eigenvalue weighted by molar-refractivity contribution is 5.83. The molecular weight excluding hydrogens is 226 g/mol. The molecular formula is C14H27N3O. The second-order valence-corrected chi connectivity index (χ2v) is 6.65. The van der Waals surface area contributed by atoms with E-state index in [1.54, 1.807) is 0 Å². The smallest absolute Gasteiger partial charge is 0.230 e. The molecule has 1 saturated heterocycles. The number of likely N-dealkylation sites (N-methyl/N-ethyl adjacent to an activating group) is 1. The third-order valence-electron chi connectivity index (χ3n) is 5.01. The number of nitrogens with two attached hydrogens (primary N) is 1. The van der Waals surface area contributed by atoms with Gasteiger partial charge in [0.1, 0.15) is 0 Å². The maximum atomic E-state index is 12.8. The van der Waals surface area contributed by atoms with Crippen molar-refractivity contribution in [2.45, 2.75) is 45.1 Å². The van der Waals surface area contributed by atoms with E-state index in [2.05, 4.69) is 30.7 Å². The zero-order valence-electron chi connectivity index (χ0n) is 12.0. The average molecular weight is 253 g/mol. The van der Waals surface area contributed by atoms with Crippen molar-refractivity contribution in [3.8, 4) is 0 Å². The van der Waals surface area contributed by atoms with E-state index in [-0.39, 0.29) is 11.0 Å². The molecule has 0 aromatic rings. The molecule has 2 N–H and O–H groups in total. The van der Waals surface area contributed by atoms with Crippen LogP contribution in [0.2, 0.25) is 0 Å². The Balaban J connectivity index is 2.10. The van der Waals surface area contributed by atoms with Gasteiger partial charge in [-0.1, -0.05) is 12.8 Å². The molecule has 0 radical (unpaired) electrons. The number of amides is 1. The predicted octanol–water partition coefficient (Wildman–Crippen LogP) is 1.06. The summed E-state index contributed by atoms with van der Waals surface area (Å²) in [6, 6.07) is 0. The van der Waals surface area contributed by atoms with E-state index < -0.39 is 0 Å². The first-order valence-electron chi connectivity index (χ1n) is 7.12. The van der Waals surface area contributed by atoms with Crippen LogP contribution in [-0.2, 0) is 4.79 Å². The molecule has 4 heteroatoms. The molecule has 0 unspecified atom stereocenters. The number of piperazine rings is 1. The van der Waals surface area contributed by atoms with Gasteiger partial charge >= 0.3 is 0 Å². The summed E-state index contributed by atoms with van der Waals surface area (Å²) in [4.78, 5) is 17.2. The number of hydrogen-bond acceptors (Lipinski definition) is 3. The summed E-state index contributed by atoms with van der Waals surface area (Å²) in [7, 11) is 2.14. The molecule has 0 aromatic heterocycles. The standard InChI is InChI=1S/C14H27N3O/c1-13(2)11-17(9-8-16(13)3)12(18)14(10-15)6-4-5-7-14/h4-11,15H2,1-3H3. The van der Waals surface area contributed by atoms with Crippen LogP contribution in [0.3, 0.4) is 0 Å². The Morgan fingerprint density at radius 1 is 1.22 bits per heavy atom. The molecule has 1 saturated carbocycles. The lowest BCUT2D eigenvalue weighted by Crippen LogP contribution is -2.61. The molecule has 18 heavy (non-hydrogen) atoms. The fourth-order valence-electron chi connectivity index (χ4n) is 3.31. The minimum Gasteiger partial charge on any atom is -0.339 e. The van der Waals surface area contributed by atoms with Gasteiger partial charge in [0.2, 0.25) is 5.91 Å². The number of hydrogen-bond donors (Lipinski definition) is 1. The molecule has 2 rings (SSSR count). The van der Waals surface area contributed by atoms with Crippen LogP contribution in [0.1, 0.15) is 39.5 Å². The van der Waals surface area contributed by atoms with E-state index in [4.69, 9.17) is 5.73 Å². The molecule has 1 heterocycles. The Bertz CT molecular complexity index is 321. The SMILES string of the molecule is CN1CCN(C(=O)C2(CN)CCCC2)CC1(C)C. The first-order chi connectivity index (χ1) is 8.41. The van der Waals surface area contributed by atoms with Gasteiger partial charge in [-0.2, -0.15) is 0 Å². The van der Waals surface area contributed by atoms with Crippen LogP contribution in [-0.4, -0.2) is 54.5 Å². The Morgan fingerprint density at radius 3 is 2.33 bits per heavy atom. The van der Waals surface area contributed by atoms with Crippen LogP contribution in [0.4, 0.5) is 0 Å². The van der Waals surface area contributed by atoms with Crippen LogP contribution >= 0.6 is 0 Å². The topological polar surface area (TPSA) is 49.6 Å². The van der Waals surface area contributed by atoms with Gasteiger partial charge < -0.3 is 10.6 Å². The first-order valence-corrected chi connectivity index (χ1v) is 7.12. The summed E-state index contributed by atoms with van der Waals surface area (Å²) < 4.78 is 0. The molecule has 2 fully saturated rings. The van der Waals surface area contributed by atoms with E-state index in [1.165, 1.54) is 0 Å². The molecule has 0 atom stereocenters. The summed E-state index contributed by atoms with van der Waals surface area (Å²) in [5, 5.41) is 0. The highest BCUT2D eigenvalue weighted by Crippen LogP contribution is 2.39. The van der Waals surface area contributed by atoms with Gasteiger partial charge in [0.05, 0.1) is 5.41 Å². The zero-order valence-corrected chi connectivity index (χ0v) is 12.0. The van der Waals surface area contributed by atoms with Gasteiger partial charge in [-0.25, -0.2) is 0 Å². The number of nitrogens with zero attached hydrogens (tertiary/aromatic N) is 2. The van der Waals surface area contributed by atoms with Crippen molar-refractivity contribution in [2.75, 3.05) is 33.2 Å². The summed E-state index contributed by atoms with van der Waals surface area (Å²) >= 11 is 0. The van der Waals surface area contributed by atoms with Crippen molar-refractivity contribution in [3.05, 3.63) is 0 Å². The third kappa shape index (κ3) is 2.28. The van der Waals surface area contributed by atoms with Crippen LogP contribution in [0.25, 0.3) is 0 Å². The fourth-order valence-corrected chi connectivity index (χ4v) is 3.31. The summed E-state index contributed by atoms with van der Waals surface area (Å²) in [6.45, 7) is 7.55. The minimum absolute atomic E-state index is 0.0717. The van der Waals surface area contributed by atoms with Crippen LogP contribution in [0, 0.1) is 5.41 Å². The van der Waals surface area contributed by atoms with Gasteiger partial charge in [-0.05, 0) is 33.7 Å². The maximum Gasteiger partial charge on any atom is 0.230 e. The summed E-state index contributed by atoms with van der Waals surface area (Å²) in [6.07, 6.45) is 4.27. The summed E-state index contributed by atoms with van der Waals surface area (Å²) in [5.41, 5.74) is 5.74. The largest absolute Gasteiger partial charge is 0.339 e. The Morgan fingerprint density at radius 2 is 1.83 bits per heavy atom. The van der Waals surface area contributed by atoms with Gasteiger partial charge in [-0.3, -0.25) is 9.69 Å². The Labute approximate surface area is 110 Å². The first kappa shape index (κ1) is 13.8. The quantitative estimate of drug-likeness (QED) is 0.800. The fraction of sp³-hybridized carbons (Fsp3) is 0.929. The second kappa shape index (κ2) is 4.82.